The number of aromatic nitrogens is 1. The maximum absolute atomic E-state index is 12.8. The van der Waals surface area contributed by atoms with Crippen LogP contribution in [0.15, 0.2) is 48.5 Å². The molecule has 0 saturated heterocycles. The van der Waals surface area contributed by atoms with Crippen LogP contribution in [0.5, 0.6) is 0 Å². The SMILES string of the molecule is Cc1c([C@@H]2c3ccccc3C(=O)N2CC(=O)O)c2ccccc2n1C. The molecule has 0 radical (unpaired) electrons. The van der Waals surface area contributed by atoms with Gasteiger partial charge in [0.25, 0.3) is 5.91 Å². The molecule has 0 aliphatic carbocycles. The lowest BCUT2D eigenvalue weighted by atomic mass is 9.95. The molecule has 0 saturated carbocycles. The molecule has 4 rings (SSSR count). The summed E-state index contributed by atoms with van der Waals surface area (Å²) in [7, 11) is 1.99. The standard InChI is InChI=1S/C20H18N2O3/c1-12-18(15-9-5-6-10-16(15)21(12)2)19-13-7-3-4-8-14(13)20(25)22(19)11-17(23)24/h3-10,19H,11H2,1-2H3,(H,23,24)/t19-/m0/s1. The largest absolute Gasteiger partial charge is 0.480 e. The topological polar surface area (TPSA) is 62.5 Å². The highest BCUT2D eigenvalue weighted by Gasteiger charge is 2.40. The zero-order valence-electron chi connectivity index (χ0n) is 14.1. The quantitative estimate of drug-likeness (QED) is 0.800. The molecule has 5 nitrogen and oxygen atoms in total. The van der Waals surface area contributed by atoms with Gasteiger partial charge in [-0.3, -0.25) is 9.59 Å². The van der Waals surface area contributed by atoms with Gasteiger partial charge in [-0.1, -0.05) is 36.4 Å². The summed E-state index contributed by atoms with van der Waals surface area (Å²) in [5.74, 6) is -1.24. The molecule has 1 aliphatic rings. The van der Waals surface area contributed by atoms with Crippen LogP contribution in [0.1, 0.15) is 33.2 Å². The molecule has 25 heavy (non-hydrogen) atoms. The Hall–Kier alpha value is -3.08. The zero-order valence-corrected chi connectivity index (χ0v) is 14.1. The number of carbonyl (C=O) groups is 2. The number of carboxylic acid groups (broad SMARTS) is 1. The van der Waals surface area contributed by atoms with Crippen molar-refractivity contribution >= 4 is 22.8 Å². The van der Waals surface area contributed by atoms with Gasteiger partial charge >= 0.3 is 5.97 Å². The van der Waals surface area contributed by atoms with Gasteiger partial charge in [-0.25, -0.2) is 0 Å². The van der Waals surface area contributed by atoms with Crippen molar-refractivity contribution in [2.45, 2.75) is 13.0 Å². The van der Waals surface area contributed by atoms with Crippen molar-refractivity contribution in [3.05, 3.63) is 70.9 Å². The molecule has 1 aromatic heterocycles. The highest BCUT2D eigenvalue weighted by molar-refractivity contribution is 6.02. The van der Waals surface area contributed by atoms with E-state index in [2.05, 4.69) is 4.57 Å². The average Bonchev–Trinajstić information content (AvgIpc) is 3.01. The minimum Gasteiger partial charge on any atom is -0.480 e. The summed E-state index contributed by atoms with van der Waals surface area (Å²) in [6, 6.07) is 15.0. The van der Waals surface area contributed by atoms with Crippen LogP contribution in [0.25, 0.3) is 10.9 Å². The molecule has 1 amide bonds. The van der Waals surface area contributed by atoms with Crippen molar-refractivity contribution in [3.63, 3.8) is 0 Å². The van der Waals surface area contributed by atoms with E-state index in [0.717, 1.165) is 27.7 Å². The summed E-state index contributed by atoms with van der Waals surface area (Å²) in [6.07, 6.45) is 0. The molecular weight excluding hydrogens is 316 g/mol. The van der Waals surface area contributed by atoms with Gasteiger partial charge in [0.05, 0.1) is 6.04 Å². The molecule has 0 spiro atoms. The lowest BCUT2D eigenvalue weighted by molar-refractivity contribution is -0.138. The number of aryl methyl sites for hydroxylation is 1. The van der Waals surface area contributed by atoms with Crippen molar-refractivity contribution in [2.24, 2.45) is 7.05 Å². The number of hydrogen-bond donors (Lipinski definition) is 1. The number of amides is 1. The molecule has 1 N–H and O–H groups in total. The van der Waals surface area contributed by atoms with Crippen LogP contribution in [0.4, 0.5) is 0 Å². The number of rotatable bonds is 3. The second-order valence-corrected chi connectivity index (χ2v) is 6.39. The fraction of sp³-hybridized carbons (Fsp3) is 0.200. The molecule has 1 aliphatic heterocycles. The van der Waals surface area contributed by atoms with E-state index in [9.17, 15) is 14.7 Å². The number of benzene rings is 2. The summed E-state index contributed by atoms with van der Waals surface area (Å²) < 4.78 is 2.09. The Morgan fingerprint density at radius 2 is 1.80 bits per heavy atom. The van der Waals surface area contributed by atoms with Gasteiger partial charge in [-0.2, -0.15) is 0 Å². The first-order chi connectivity index (χ1) is 12.0. The number of aliphatic carboxylic acids is 1. The molecule has 0 unspecified atom stereocenters. The van der Waals surface area contributed by atoms with Crippen molar-refractivity contribution in [2.75, 3.05) is 6.54 Å². The smallest absolute Gasteiger partial charge is 0.323 e. The van der Waals surface area contributed by atoms with E-state index in [4.69, 9.17) is 0 Å². The van der Waals surface area contributed by atoms with Gasteiger partial charge in [0, 0.05) is 34.8 Å². The third kappa shape index (κ3) is 2.16. The Morgan fingerprint density at radius 1 is 1.12 bits per heavy atom. The maximum Gasteiger partial charge on any atom is 0.323 e. The van der Waals surface area contributed by atoms with Gasteiger partial charge in [0.2, 0.25) is 0 Å². The van der Waals surface area contributed by atoms with Crippen LogP contribution >= 0.6 is 0 Å². The molecule has 5 heteroatoms. The number of fused-ring (bicyclic) bond motifs is 2. The molecule has 1 atom stereocenters. The zero-order chi connectivity index (χ0) is 17.7. The van der Waals surface area contributed by atoms with E-state index in [1.807, 2.05) is 56.4 Å². The molecule has 0 fully saturated rings. The number of para-hydroxylation sites is 1. The summed E-state index contributed by atoms with van der Waals surface area (Å²) in [4.78, 5) is 25.7. The summed E-state index contributed by atoms with van der Waals surface area (Å²) in [6.45, 7) is 1.69. The number of hydrogen-bond acceptors (Lipinski definition) is 2. The van der Waals surface area contributed by atoms with Crippen molar-refractivity contribution in [1.29, 1.82) is 0 Å². The van der Waals surface area contributed by atoms with Crippen LogP contribution in [0.3, 0.4) is 0 Å². The Bertz CT molecular complexity index is 1020. The van der Waals surface area contributed by atoms with E-state index in [0.29, 0.717) is 5.56 Å². The van der Waals surface area contributed by atoms with E-state index < -0.39 is 5.97 Å². The second kappa shape index (κ2) is 5.48. The van der Waals surface area contributed by atoms with Gasteiger partial charge in [-0.05, 0) is 24.6 Å². The second-order valence-electron chi connectivity index (χ2n) is 6.39. The first-order valence-electron chi connectivity index (χ1n) is 8.16. The van der Waals surface area contributed by atoms with Crippen LogP contribution in [-0.4, -0.2) is 33.0 Å². The maximum atomic E-state index is 12.8. The summed E-state index contributed by atoms with van der Waals surface area (Å²) >= 11 is 0. The van der Waals surface area contributed by atoms with E-state index in [-0.39, 0.29) is 18.5 Å². The predicted octanol–water partition coefficient (Wildman–Crippen LogP) is 3.12. The lowest BCUT2D eigenvalue weighted by Gasteiger charge is -2.24. The molecule has 2 aromatic carbocycles. The number of carboxylic acids is 1. The van der Waals surface area contributed by atoms with Crippen LogP contribution in [0.2, 0.25) is 0 Å². The van der Waals surface area contributed by atoms with E-state index in [1.54, 1.807) is 6.07 Å². The van der Waals surface area contributed by atoms with E-state index >= 15 is 0 Å². The van der Waals surface area contributed by atoms with Gasteiger partial charge in [0.1, 0.15) is 6.54 Å². The molecular formula is C20H18N2O3. The van der Waals surface area contributed by atoms with Gasteiger partial charge in [-0.15, -0.1) is 0 Å². The first kappa shape index (κ1) is 15.4. The van der Waals surface area contributed by atoms with Crippen molar-refractivity contribution < 1.29 is 14.7 Å². The van der Waals surface area contributed by atoms with Crippen molar-refractivity contribution in [1.82, 2.24) is 9.47 Å². The van der Waals surface area contributed by atoms with Gasteiger partial charge < -0.3 is 14.6 Å². The third-order valence-electron chi connectivity index (χ3n) is 5.09. The number of carbonyl (C=O) groups excluding carboxylic acids is 1. The third-order valence-corrected chi connectivity index (χ3v) is 5.09. The minimum atomic E-state index is -1.01. The van der Waals surface area contributed by atoms with Crippen LogP contribution in [0, 0.1) is 6.92 Å². The average molecular weight is 334 g/mol. The summed E-state index contributed by atoms with van der Waals surface area (Å²) in [5.41, 5.74) is 4.56. The molecule has 0 bridgehead atoms. The Balaban J connectivity index is 2.01. The summed E-state index contributed by atoms with van der Waals surface area (Å²) in [5, 5.41) is 10.4. The normalized spacial score (nSPS) is 16.5. The van der Waals surface area contributed by atoms with E-state index in [1.165, 1.54) is 4.90 Å². The Morgan fingerprint density at radius 3 is 2.56 bits per heavy atom. The highest BCUT2D eigenvalue weighted by Crippen LogP contribution is 2.43. The molecule has 2 heterocycles. The fourth-order valence-electron chi connectivity index (χ4n) is 3.89. The monoisotopic (exact) mass is 334 g/mol. The minimum absolute atomic E-state index is 0.227. The van der Waals surface area contributed by atoms with Crippen LogP contribution < -0.4 is 0 Å². The molecule has 3 aromatic rings. The number of nitrogens with zero attached hydrogens (tertiary/aromatic N) is 2. The van der Waals surface area contributed by atoms with Crippen LogP contribution in [-0.2, 0) is 11.8 Å². The predicted molar refractivity (Wildman–Crippen MR) is 94.6 cm³/mol. The molecule has 126 valence electrons. The lowest BCUT2D eigenvalue weighted by Crippen LogP contribution is -2.34. The van der Waals surface area contributed by atoms with Gasteiger partial charge in [0.15, 0.2) is 0 Å². The Kier molecular flexibility index (Phi) is 3.39. The fourth-order valence-corrected chi connectivity index (χ4v) is 3.89. The van der Waals surface area contributed by atoms with Crippen molar-refractivity contribution in [3.8, 4) is 0 Å². The Labute approximate surface area is 145 Å². The first-order valence-corrected chi connectivity index (χ1v) is 8.16. The highest BCUT2D eigenvalue weighted by atomic mass is 16.4.